The molecule has 1 aliphatic heterocycles. The molecule has 0 aromatic carbocycles. The molecule has 0 spiro atoms. The molecular weight excluding hydrogens is 686 g/mol. The molecular formula is O4Pb3. The van der Waals surface area contributed by atoms with Crippen molar-refractivity contribution in [3.8, 4) is 0 Å². The molecule has 1 saturated heterocycles. The average Bonchev–Trinajstić information content (AvgIpc) is 1.90. The minimum absolute atomic E-state index is 1.01. The maximum atomic E-state index is 5.06. The molecule has 0 atom stereocenters. The van der Waals surface area contributed by atoms with E-state index >= 15 is 0 Å². The molecule has 0 N–H and O–H groups in total. The fraction of sp³-hybridized carbons (Fsp3) is 0. The van der Waals surface area contributed by atoms with Crippen molar-refractivity contribution in [3.63, 3.8) is 0 Å². The number of hydrogen-bond donors (Lipinski definition) is 0. The topological polar surface area (TPSA) is 36.9 Å². The SMILES string of the molecule is [O]1[O][Pb][O][Pb][O][Pb]1. The van der Waals surface area contributed by atoms with Crippen molar-refractivity contribution in [2.45, 2.75) is 0 Å². The molecule has 0 unspecified atom stereocenters. The molecule has 7 heteroatoms. The van der Waals surface area contributed by atoms with Gasteiger partial charge in [0.25, 0.3) is 0 Å². The summed E-state index contributed by atoms with van der Waals surface area (Å²) in [6, 6.07) is 0. The average molecular weight is 686 g/mol. The van der Waals surface area contributed by atoms with E-state index in [1.54, 1.807) is 0 Å². The van der Waals surface area contributed by atoms with Gasteiger partial charge in [-0.15, -0.1) is 0 Å². The molecule has 0 saturated carbocycles. The zero-order valence-corrected chi connectivity index (χ0v) is 14.8. The van der Waals surface area contributed by atoms with Gasteiger partial charge in [0, 0.05) is 0 Å². The van der Waals surface area contributed by atoms with Crippen LogP contribution in [0.3, 0.4) is 0 Å². The first-order valence-electron chi connectivity index (χ1n) is 1.39. The van der Waals surface area contributed by atoms with Gasteiger partial charge in [-0.1, -0.05) is 0 Å². The Morgan fingerprint density at radius 3 is 1.86 bits per heavy atom. The summed E-state index contributed by atoms with van der Waals surface area (Å²) in [5.74, 6) is 0. The third-order valence-corrected chi connectivity index (χ3v) is 16.6. The summed E-state index contributed by atoms with van der Waals surface area (Å²) < 4.78 is 19.5. The summed E-state index contributed by atoms with van der Waals surface area (Å²) in [5, 5.41) is 0. The van der Waals surface area contributed by atoms with Crippen molar-refractivity contribution in [2.75, 3.05) is 0 Å². The molecule has 36 valence electrons. The Hall–Kier alpha value is 2.61. The molecule has 6 radical (unpaired) electrons. The Morgan fingerprint density at radius 1 is 0.714 bits per heavy atom. The Bertz CT molecular complexity index is 26.5. The molecule has 0 bridgehead atoms. The van der Waals surface area contributed by atoms with Crippen molar-refractivity contribution in [3.05, 3.63) is 0 Å². The van der Waals surface area contributed by atoms with Crippen molar-refractivity contribution < 1.29 is 6.95 Å². The van der Waals surface area contributed by atoms with Crippen molar-refractivity contribution in [1.82, 2.24) is 0 Å². The minimum atomic E-state index is -1.15. The van der Waals surface area contributed by atoms with Crippen LogP contribution in [-0.2, 0) is 6.95 Å². The fourth-order valence-electron chi connectivity index (χ4n) is 0.123. The third-order valence-electron chi connectivity index (χ3n) is 0.276. The Balaban J connectivity index is 2.04. The predicted octanol–water partition coefficient (Wildman–Crippen LogP) is -1.42. The summed E-state index contributed by atoms with van der Waals surface area (Å²) in [4.78, 5) is 0. The van der Waals surface area contributed by atoms with Gasteiger partial charge in [-0.05, 0) is 0 Å². The van der Waals surface area contributed by atoms with E-state index < -0.39 is 75.4 Å². The second-order valence-corrected chi connectivity index (χ2v) is 19.4. The van der Waals surface area contributed by atoms with Crippen LogP contribution in [0.4, 0.5) is 0 Å². The monoisotopic (exact) mass is 688 g/mol. The summed E-state index contributed by atoms with van der Waals surface area (Å²) in [6.45, 7) is 0. The van der Waals surface area contributed by atoms with E-state index in [1.165, 1.54) is 0 Å². The van der Waals surface area contributed by atoms with Crippen LogP contribution in [0.1, 0.15) is 0 Å². The van der Waals surface area contributed by atoms with E-state index in [4.69, 9.17) is 1.27 Å². The quantitative estimate of drug-likeness (QED) is 0.232. The van der Waals surface area contributed by atoms with E-state index in [9.17, 15) is 0 Å². The molecule has 0 aromatic heterocycles. The molecule has 1 fully saturated rings. The van der Waals surface area contributed by atoms with Crippen LogP contribution < -0.4 is 0 Å². The molecule has 0 aromatic rings. The molecule has 0 amide bonds. The first-order valence-corrected chi connectivity index (χ1v) is 10.9. The van der Waals surface area contributed by atoms with Crippen molar-refractivity contribution in [2.24, 2.45) is 0 Å². The first kappa shape index (κ1) is 7.71. The summed E-state index contributed by atoms with van der Waals surface area (Å²) in [5.41, 5.74) is 0. The zero-order chi connectivity index (χ0) is 4.95. The third kappa shape index (κ3) is 4.07. The van der Waals surface area contributed by atoms with E-state index in [-0.39, 0.29) is 0 Å². The summed E-state index contributed by atoms with van der Waals surface area (Å²) in [7, 11) is 0. The van der Waals surface area contributed by atoms with Crippen LogP contribution in [0.2, 0.25) is 0 Å². The standard InChI is InChI=1S/O2.2O.3Pb/c1-2;;;;;/q-2;;;;2*+1. The van der Waals surface area contributed by atoms with E-state index in [0.717, 1.165) is 0 Å². The van der Waals surface area contributed by atoms with Gasteiger partial charge < -0.3 is 0 Å². The molecule has 4 nitrogen and oxygen atoms in total. The molecule has 1 aliphatic rings. The van der Waals surface area contributed by atoms with Gasteiger partial charge >= 0.3 is 82.4 Å². The molecule has 7 heavy (non-hydrogen) atoms. The van der Waals surface area contributed by atoms with Gasteiger partial charge in [0.05, 0.1) is 0 Å². The van der Waals surface area contributed by atoms with Crippen LogP contribution in [-0.4, -0.2) is 75.4 Å². The van der Waals surface area contributed by atoms with Gasteiger partial charge in [-0.3, -0.25) is 0 Å². The van der Waals surface area contributed by atoms with Gasteiger partial charge in [-0.25, -0.2) is 0 Å². The molecule has 1 heterocycles. The zero-order valence-electron chi connectivity index (χ0n) is 3.13. The van der Waals surface area contributed by atoms with Gasteiger partial charge in [0.1, 0.15) is 0 Å². The van der Waals surface area contributed by atoms with Crippen molar-refractivity contribution >= 4 is 75.4 Å². The van der Waals surface area contributed by atoms with Gasteiger partial charge in [0.15, 0.2) is 0 Å². The second kappa shape index (κ2) is 5.40. The number of hydrogen-bond acceptors (Lipinski definition) is 4. The van der Waals surface area contributed by atoms with Crippen molar-refractivity contribution in [1.29, 1.82) is 0 Å². The van der Waals surface area contributed by atoms with Crippen LogP contribution >= 0.6 is 0 Å². The summed E-state index contributed by atoms with van der Waals surface area (Å²) in [6.07, 6.45) is 0. The first-order chi connectivity index (χ1) is 3.50. The Morgan fingerprint density at radius 2 is 1.29 bits per heavy atom. The van der Waals surface area contributed by atoms with E-state index in [0.29, 0.717) is 0 Å². The Labute approximate surface area is 80.7 Å². The van der Waals surface area contributed by atoms with Gasteiger partial charge in [0.2, 0.25) is 0 Å². The Kier molecular flexibility index (Phi) is 5.94. The number of rotatable bonds is 0. The van der Waals surface area contributed by atoms with Crippen LogP contribution in [0.5, 0.6) is 0 Å². The molecule has 0 aliphatic carbocycles. The van der Waals surface area contributed by atoms with Crippen LogP contribution in [0, 0.1) is 0 Å². The van der Waals surface area contributed by atoms with E-state index in [2.05, 4.69) is 5.68 Å². The van der Waals surface area contributed by atoms with Crippen LogP contribution in [0.15, 0.2) is 0 Å². The fourth-order valence-corrected chi connectivity index (χ4v) is 21.9. The maximum absolute atomic E-state index is 5.06. The summed E-state index contributed by atoms with van der Waals surface area (Å²) >= 11 is -3.31. The van der Waals surface area contributed by atoms with Crippen LogP contribution in [0.25, 0.3) is 0 Å². The normalized spacial score (nSPS) is 24.0. The predicted molar refractivity (Wildman–Crippen MR) is 21.6 cm³/mol. The van der Waals surface area contributed by atoms with Gasteiger partial charge in [-0.2, -0.15) is 0 Å². The molecule has 1 rings (SSSR count). The van der Waals surface area contributed by atoms with E-state index in [1.807, 2.05) is 0 Å². The second-order valence-electron chi connectivity index (χ2n) is 0.621.